The van der Waals surface area contributed by atoms with E-state index in [0.29, 0.717) is 6.42 Å². The first-order chi connectivity index (χ1) is 12.2. The summed E-state index contributed by atoms with van der Waals surface area (Å²) in [7, 11) is 1.20. The Bertz CT molecular complexity index is 639. The van der Waals surface area contributed by atoms with Crippen LogP contribution >= 0.6 is 0 Å². The van der Waals surface area contributed by atoms with Crippen molar-refractivity contribution in [3.8, 4) is 11.8 Å². The summed E-state index contributed by atoms with van der Waals surface area (Å²) < 4.78 is 73.2. The highest BCUT2D eigenvalue weighted by Crippen LogP contribution is 2.27. The van der Waals surface area contributed by atoms with Gasteiger partial charge in [0.15, 0.2) is 12.4 Å². The van der Waals surface area contributed by atoms with Crippen LogP contribution in [0, 0.1) is 5.82 Å². The number of aromatic nitrogens is 1. The monoisotopic (exact) mass is 383 g/mol. The Morgan fingerprint density at radius 1 is 1.46 bits per heavy atom. The molecule has 1 aliphatic rings. The zero-order valence-corrected chi connectivity index (χ0v) is 13.8. The third-order valence-electron chi connectivity index (χ3n) is 3.73. The molecule has 0 radical (unpaired) electrons. The predicted molar refractivity (Wildman–Crippen MR) is 80.1 cm³/mol. The largest absolute Gasteiger partial charge is 0.481 e. The number of ether oxygens (including phenoxy) is 2. The average Bonchev–Trinajstić information content (AvgIpc) is 3.13. The van der Waals surface area contributed by atoms with E-state index in [-0.39, 0.29) is 29.9 Å². The molecule has 0 aromatic carbocycles. The molecule has 26 heavy (non-hydrogen) atoms. The average molecular weight is 383 g/mol. The van der Waals surface area contributed by atoms with Crippen molar-refractivity contribution < 1.29 is 36.2 Å². The van der Waals surface area contributed by atoms with Gasteiger partial charge in [0, 0.05) is 12.1 Å². The van der Waals surface area contributed by atoms with E-state index in [0.717, 1.165) is 19.0 Å². The van der Waals surface area contributed by atoms with E-state index in [9.17, 15) is 26.7 Å². The lowest BCUT2D eigenvalue weighted by atomic mass is 10.2. The summed E-state index contributed by atoms with van der Waals surface area (Å²) in [6.45, 7) is -1.12. The third kappa shape index (κ3) is 4.93. The van der Waals surface area contributed by atoms with Crippen LogP contribution in [0.4, 0.5) is 22.0 Å². The summed E-state index contributed by atoms with van der Waals surface area (Å²) in [5.41, 5.74) is 0.143. The molecule has 2 rings (SSSR count). The van der Waals surface area contributed by atoms with Gasteiger partial charge in [0.2, 0.25) is 11.8 Å². The van der Waals surface area contributed by atoms with Gasteiger partial charge in [-0.1, -0.05) is 0 Å². The highest BCUT2D eigenvalue weighted by atomic mass is 19.3. The van der Waals surface area contributed by atoms with Gasteiger partial charge in [0.25, 0.3) is 5.88 Å². The number of hydrogen-bond donors (Lipinski definition) is 2. The van der Waals surface area contributed by atoms with Gasteiger partial charge in [-0.2, -0.15) is 13.8 Å². The molecule has 1 amide bonds. The zero-order valence-electron chi connectivity index (χ0n) is 13.8. The molecule has 2 heterocycles. The van der Waals surface area contributed by atoms with Gasteiger partial charge >= 0.3 is 12.3 Å². The lowest BCUT2D eigenvalue weighted by molar-refractivity contribution is -0.149. The highest BCUT2D eigenvalue weighted by Gasteiger charge is 2.42. The fourth-order valence-corrected chi connectivity index (χ4v) is 2.34. The van der Waals surface area contributed by atoms with E-state index in [2.05, 4.69) is 20.4 Å². The number of nitrogens with zero attached hydrogens (tertiary/aromatic N) is 1. The van der Waals surface area contributed by atoms with Crippen LogP contribution in [0.3, 0.4) is 0 Å². The van der Waals surface area contributed by atoms with Crippen LogP contribution in [-0.4, -0.2) is 49.5 Å². The predicted octanol–water partition coefficient (Wildman–Crippen LogP) is 1.88. The van der Waals surface area contributed by atoms with E-state index >= 15 is 0 Å². The summed E-state index contributed by atoms with van der Waals surface area (Å²) in [5, 5.41) is 5.58. The second kappa shape index (κ2) is 8.47. The topological polar surface area (TPSA) is 72.5 Å². The van der Waals surface area contributed by atoms with E-state index in [1.54, 1.807) is 0 Å². The van der Waals surface area contributed by atoms with Gasteiger partial charge in [-0.05, 0) is 25.5 Å². The number of pyridine rings is 1. The summed E-state index contributed by atoms with van der Waals surface area (Å²) in [5.74, 6) is -6.93. The summed E-state index contributed by atoms with van der Waals surface area (Å²) >= 11 is 0. The molecule has 1 unspecified atom stereocenters. The Morgan fingerprint density at radius 2 is 2.19 bits per heavy atom. The van der Waals surface area contributed by atoms with Gasteiger partial charge < -0.3 is 20.1 Å². The van der Waals surface area contributed by atoms with Gasteiger partial charge in [-0.3, -0.25) is 4.79 Å². The van der Waals surface area contributed by atoms with Crippen LogP contribution < -0.4 is 20.1 Å². The Morgan fingerprint density at radius 3 is 2.77 bits per heavy atom. The first kappa shape index (κ1) is 20.1. The fraction of sp³-hybridized carbons (Fsp3) is 0.600. The van der Waals surface area contributed by atoms with E-state index in [1.807, 2.05) is 0 Å². The van der Waals surface area contributed by atoms with Gasteiger partial charge in [-0.25, -0.2) is 13.2 Å². The summed E-state index contributed by atoms with van der Waals surface area (Å²) in [6.07, 6.45) is -2.40. The molecule has 0 saturated carbocycles. The molecular weight excluding hydrogens is 365 g/mol. The maximum Gasteiger partial charge on any atom is 0.340 e. The molecule has 1 atom stereocenters. The number of rotatable bonds is 8. The molecule has 2 N–H and O–H groups in total. The molecule has 6 nitrogen and oxygen atoms in total. The summed E-state index contributed by atoms with van der Waals surface area (Å²) in [4.78, 5) is 15.5. The minimum absolute atomic E-state index is 0.114. The number of alkyl halides is 4. The van der Waals surface area contributed by atoms with Gasteiger partial charge in [0.1, 0.15) is 0 Å². The normalized spacial score (nSPS) is 17.4. The number of halogens is 5. The van der Waals surface area contributed by atoms with Crippen LogP contribution in [0.25, 0.3) is 0 Å². The van der Waals surface area contributed by atoms with E-state index < -0.39 is 30.7 Å². The molecule has 1 aromatic heterocycles. The number of amides is 1. The smallest absolute Gasteiger partial charge is 0.340 e. The third-order valence-corrected chi connectivity index (χ3v) is 3.73. The summed E-state index contributed by atoms with van der Waals surface area (Å²) in [6, 6.07) is 0.544. The second-order valence-corrected chi connectivity index (χ2v) is 5.66. The number of hydrogen-bond acceptors (Lipinski definition) is 5. The van der Waals surface area contributed by atoms with E-state index in [4.69, 9.17) is 4.74 Å². The SMILES string of the molecule is COc1nc(OCC(F)(F)C(F)F)c(F)cc1CNC(=O)C1CCCN1. The molecule has 1 aromatic rings. The maximum absolute atomic E-state index is 14.0. The molecule has 1 aliphatic heterocycles. The molecular formula is C15H18F5N3O3. The number of nitrogens with one attached hydrogen (secondary N) is 2. The minimum Gasteiger partial charge on any atom is -0.481 e. The number of carbonyl (C=O) groups excluding carboxylic acids is 1. The quantitative estimate of drug-likeness (QED) is 0.671. The van der Waals surface area contributed by atoms with Crippen molar-refractivity contribution in [3.05, 3.63) is 17.4 Å². The molecule has 146 valence electrons. The zero-order chi connectivity index (χ0) is 19.3. The van der Waals surface area contributed by atoms with Crippen molar-refractivity contribution >= 4 is 5.91 Å². The Kier molecular flexibility index (Phi) is 6.57. The van der Waals surface area contributed by atoms with Crippen molar-refractivity contribution in [2.45, 2.75) is 37.8 Å². The first-order valence-corrected chi connectivity index (χ1v) is 7.78. The molecule has 0 bridgehead atoms. The van der Waals surface area contributed by atoms with Crippen molar-refractivity contribution in [2.24, 2.45) is 0 Å². The standard InChI is InChI=1S/C15H18F5N3O3/c1-25-12-8(6-22-11(24)10-3-2-4-21-10)5-9(16)13(23-12)26-7-15(19,20)14(17)18/h5,10,14,21H,2-4,6-7H2,1H3,(H,22,24). The highest BCUT2D eigenvalue weighted by molar-refractivity contribution is 5.82. The maximum atomic E-state index is 14.0. The Balaban J connectivity index is 2.04. The lowest BCUT2D eigenvalue weighted by Gasteiger charge is -2.17. The van der Waals surface area contributed by atoms with Gasteiger partial charge in [0.05, 0.1) is 13.2 Å². The molecule has 1 fully saturated rings. The van der Waals surface area contributed by atoms with Crippen molar-refractivity contribution in [1.29, 1.82) is 0 Å². The number of carbonyl (C=O) groups is 1. The van der Waals surface area contributed by atoms with Gasteiger partial charge in [-0.15, -0.1) is 0 Å². The van der Waals surface area contributed by atoms with E-state index in [1.165, 1.54) is 7.11 Å². The van der Waals surface area contributed by atoms with Crippen molar-refractivity contribution in [1.82, 2.24) is 15.6 Å². The minimum atomic E-state index is -4.44. The van der Waals surface area contributed by atoms with Crippen molar-refractivity contribution in [2.75, 3.05) is 20.3 Å². The Labute approximate surface area is 146 Å². The molecule has 11 heteroatoms. The van der Waals surface area contributed by atoms with Crippen molar-refractivity contribution in [3.63, 3.8) is 0 Å². The lowest BCUT2D eigenvalue weighted by Crippen LogP contribution is -2.40. The Hall–Kier alpha value is -2.17. The molecule has 0 spiro atoms. The first-order valence-electron chi connectivity index (χ1n) is 7.78. The molecule has 0 aliphatic carbocycles. The molecule has 1 saturated heterocycles. The van der Waals surface area contributed by atoms with Crippen LogP contribution in [0.1, 0.15) is 18.4 Å². The second-order valence-electron chi connectivity index (χ2n) is 5.66. The van der Waals surface area contributed by atoms with Crippen LogP contribution in [-0.2, 0) is 11.3 Å². The van der Waals surface area contributed by atoms with Crippen LogP contribution in [0.5, 0.6) is 11.8 Å². The fourth-order valence-electron chi connectivity index (χ4n) is 2.34. The number of methoxy groups -OCH3 is 1. The van der Waals surface area contributed by atoms with Crippen LogP contribution in [0.15, 0.2) is 6.07 Å². The van der Waals surface area contributed by atoms with Crippen LogP contribution in [0.2, 0.25) is 0 Å².